The van der Waals surface area contributed by atoms with E-state index in [1.165, 1.54) is 22.3 Å². The van der Waals surface area contributed by atoms with Crippen molar-refractivity contribution in [2.24, 2.45) is 23.7 Å². The topological polar surface area (TPSA) is 101 Å². The monoisotopic (exact) mass is 577 g/mol. The van der Waals surface area contributed by atoms with Crippen LogP contribution in [0.5, 0.6) is 0 Å². The Hall–Kier alpha value is -4.46. The molecule has 1 aliphatic carbocycles. The first kappa shape index (κ1) is 30.0. The highest BCUT2D eigenvalue weighted by Gasteiger charge is 2.26. The van der Waals surface area contributed by atoms with E-state index in [1.807, 2.05) is 60.1 Å². The smallest absolute Gasteiger partial charge is 0.253 e. The Bertz CT molecular complexity index is 1580. The van der Waals surface area contributed by atoms with Crippen molar-refractivity contribution in [3.05, 3.63) is 101 Å². The van der Waals surface area contributed by atoms with Gasteiger partial charge < -0.3 is 16.0 Å². The van der Waals surface area contributed by atoms with E-state index in [-0.39, 0.29) is 5.91 Å². The third-order valence-corrected chi connectivity index (χ3v) is 8.24. The molecule has 0 radical (unpaired) electrons. The lowest BCUT2D eigenvalue weighted by Crippen LogP contribution is -2.38. The first-order valence-corrected chi connectivity index (χ1v) is 15.3. The van der Waals surface area contributed by atoms with Gasteiger partial charge in [0.25, 0.3) is 5.91 Å². The fraction of sp³-hybridized carbons (Fsp3) is 0.371. The number of rotatable bonds is 8. The number of hydrogen-bond acceptors (Lipinski definition) is 5. The number of likely N-dealkylation sites (tertiary alicyclic amines) is 1. The standard InChI is InChI=1S/C35H43N7O/c1-6-25-17-27(9-10-28(18-25)31-21-38-41(5)22-31)26-13-15-42(16-14-26)35(43)29-8-7-24(4)32(19-29)40-34(36)30-11-12-33(37-20-30)39-23(2)3/h7-12,17,19-23,26H,6,13-16,18H2,1-5H3,(H2,36,40)(H,37,39). The molecule has 5 rings (SSSR count). The molecule has 1 amide bonds. The van der Waals surface area contributed by atoms with E-state index >= 15 is 0 Å². The molecule has 1 aliphatic heterocycles. The number of pyridine rings is 1. The number of hydrogen-bond donors (Lipinski definition) is 2. The van der Waals surface area contributed by atoms with Gasteiger partial charge >= 0.3 is 0 Å². The van der Waals surface area contributed by atoms with Crippen LogP contribution in [0.3, 0.4) is 0 Å². The molecule has 8 heteroatoms. The first-order chi connectivity index (χ1) is 20.7. The second-order valence-corrected chi connectivity index (χ2v) is 11.9. The summed E-state index contributed by atoms with van der Waals surface area (Å²) >= 11 is 0. The molecule has 0 spiro atoms. The van der Waals surface area contributed by atoms with Crippen LogP contribution in [0.2, 0.25) is 0 Å². The van der Waals surface area contributed by atoms with Crippen molar-refractivity contribution in [2.75, 3.05) is 18.4 Å². The van der Waals surface area contributed by atoms with Crippen LogP contribution in [0.4, 0.5) is 11.5 Å². The molecule has 3 aromatic rings. The van der Waals surface area contributed by atoms with Gasteiger partial charge in [-0.15, -0.1) is 0 Å². The van der Waals surface area contributed by atoms with Crippen molar-refractivity contribution in [3.63, 3.8) is 0 Å². The van der Waals surface area contributed by atoms with E-state index in [1.54, 1.807) is 6.20 Å². The number of benzene rings is 1. The van der Waals surface area contributed by atoms with Crippen molar-refractivity contribution in [1.82, 2.24) is 19.7 Å². The SMILES string of the molecule is CCC1=CC(C2CCN(C(=O)c3ccc(C)c(N=C(N)c4ccc(NC(C)C)nc4)c3)CC2)=CC=C(c2cnn(C)c2)C1. The Morgan fingerprint density at radius 1 is 1.12 bits per heavy atom. The highest BCUT2D eigenvalue weighted by Crippen LogP contribution is 2.34. The molecule has 1 aromatic carbocycles. The number of nitrogens with one attached hydrogen (secondary N) is 1. The molecule has 0 unspecified atom stereocenters. The van der Waals surface area contributed by atoms with Crippen molar-refractivity contribution >= 4 is 28.8 Å². The molecular weight excluding hydrogens is 534 g/mol. The van der Waals surface area contributed by atoms with E-state index in [2.05, 4.69) is 65.6 Å². The Kier molecular flexibility index (Phi) is 9.24. The number of aryl methyl sites for hydroxylation is 2. The highest BCUT2D eigenvalue weighted by molar-refractivity contribution is 6.00. The van der Waals surface area contributed by atoms with Gasteiger partial charge in [0.05, 0.1) is 11.9 Å². The van der Waals surface area contributed by atoms with Gasteiger partial charge in [0.1, 0.15) is 11.7 Å². The molecule has 1 saturated heterocycles. The van der Waals surface area contributed by atoms with Crippen LogP contribution >= 0.6 is 0 Å². The summed E-state index contributed by atoms with van der Waals surface area (Å²) < 4.78 is 1.85. The number of amidine groups is 1. The van der Waals surface area contributed by atoms with Crippen LogP contribution < -0.4 is 11.1 Å². The number of nitrogens with two attached hydrogens (primary N) is 1. The number of nitrogens with zero attached hydrogens (tertiary/aromatic N) is 5. The Morgan fingerprint density at radius 2 is 1.88 bits per heavy atom. The molecule has 2 aromatic heterocycles. The Labute approximate surface area is 255 Å². The summed E-state index contributed by atoms with van der Waals surface area (Å²) in [4.78, 5) is 24.7. The van der Waals surface area contributed by atoms with Crippen molar-refractivity contribution in [3.8, 4) is 0 Å². The third kappa shape index (κ3) is 7.31. The highest BCUT2D eigenvalue weighted by atomic mass is 16.2. The minimum absolute atomic E-state index is 0.0395. The Morgan fingerprint density at radius 3 is 2.53 bits per heavy atom. The van der Waals surface area contributed by atoms with E-state index in [0.717, 1.165) is 55.7 Å². The van der Waals surface area contributed by atoms with Gasteiger partial charge in [-0.2, -0.15) is 5.10 Å². The zero-order chi connectivity index (χ0) is 30.5. The number of amides is 1. The average Bonchev–Trinajstić information content (AvgIpc) is 3.32. The minimum atomic E-state index is 0.0395. The minimum Gasteiger partial charge on any atom is -0.383 e. The largest absolute Gasteiger partial charge is 0.383 e. The summed E-state index contributed by atoms with van der Waals surface area (Å²) in [6.07, 6.45) is 16.5. The number of aromatic nitrogens is 3. The molecule has 3 heterocycles. The van der Waals surface area contributed by atoms with Gasteiger partial charge in [-0.05, 0) is 93.3 Å². The van der Waals surface area contributed by atoms with Gasteiger partial charge in [0.15, 0.2) is 0 Å². The van der Waals surface area contributed by atoms with Gasteiger partial charge in [-0.25, -0.2) is 9.98 Å². The quantitative estimate of drug-likeness (QED) is 0.233. The normalized spacial score (nSPS) is 16.5. The molecule has 43 heavy (non-hydrogen) atoms. The first-order valence-electron chi connectivity index (χ1n) is 15.3. The summed E-state index contributed by atoms with van der Waals surface area (Å²) in [5.74, 6) is 1.64. The summed E-state index contributed by atoms with van der Waals surface area (Å²) in [5, 5.41) is 7.63. The molecule has 224 valence electrons. The van der Waals surface area contributed by atoms with Gasteiger partial charge in [-0.1, -0.05) is 36.8 Å². The van der Waals surface area contributed by atoms with Crippen LogP contribution in [0.15, 0.2) is 83.3 Å². The van der Waals surface area contributed by atoms with Crippen LogP contribution in [0.1, 0.15) is 73.5 Å². The lowest BCUT2D eigenvalue weighted by atomic mass is 9.87. The lowest BCUT2D eigenvalue weighted by Gasteiger charge is -2.33. The maximum Gasteiger partial charge on any atom is 0.253 e. The number of allylic oxidation sites excluding steroid dienone is 6. The number of carbonyl (C=O) groups excluding carboxylic acids is 1. The second kappa shape index (κ2) is 13.2. The molecule has 0 atom stereocenters. The zero-order valence-electron chi connectivity index (χ0n) is 26.0. The van der Waals surface area contributed by atoms with Crippen LogP contribution in [-0.2, 0) is 7.05 Å². The molecular formula is C35H43N7O. The molecule has 3 N–H and O–H groups in total. The lowest BCUT2D eigenvalue weighted by molar-refractivity contribution is 0.0703. The molecule has 8 nitrogen and oxygen atoms in total. The fourth-order valence-corrected chi connectivity index (χ4v) is 5.68. The van der Waals surface area contributed by atoms with E-state index in [4.69, 9.17) is 5.73 Å². The third-order valence-electron chi connectivity index (χ3n) is 8.24. The number of anilines is 1. The van der Waals surface area contributed by atoms with Crippen LogP contribution in [0.25, 0.3) is 5.57 Å². The van der Waals surface area contributed by atoms with E-state index in [0.29, 0.717) is 29.0 Å². The summed E-state index contributed by atoms with van der Waals surface area (Å²) in [6.45, 7) is 9.79. The molecule has 2 aliphatic rings. The molecule has 0 bridgehead atoms. The number of piperidine rings is 1. The maximum absolute atomic E-state index is 13.6. The van der Waals surface area contributed by atoms with Gasteiger partial charge in [0, 0.05) is 55.3 Å². The summed E-state index contributed by atoms with van der Waals surface area (Å²) in [6, 6.07) is 9.78. The average molecular weight is 578 g/mol. The second-order valence-electron chi connectivity index (χ2n) is 11.9. The van der Waals surface area contributed by atoms with Crippen molar-refractivity contribution in [1.29, 1.82) is 0 Å². The van der Waals surface area contributed by atoms with Gasteiger partial charge in [0.2, 0.25) is 0 Å². The predicted molar refractivity (Wildman–Crippen MR) is 175 cm³/mol. The van der Waals surface area contributed by atoms with Crippen molar-refractivity contribution < 1.29 is 4.79 Å². The Balaban J connectivity index is 1.26. The van der Waals surface area contributed by atoms with Gasteiger partial charge in [-0.3, -0.25) is 9.48 Å². The number of carbonyl (C=O) groups is 1. The summed E-state index contributed by atoms with van der Waals surface area (Å²) in [5.41, 5.74) is 14.7. The molecule has 1 fully saturated rings. The zero-order valence-corrected chi connectivity index (χ0v) is 26.0. The number of aliphatic imine (C=N–C) groups is 1. The van der Waals surface area contributed by atoms with Crippen LogP contribution in [-0.4, -0.2) is 50.5 Å². The van der Waals surface area contributed by atoms with Crippen molar-refractivity contribution in [2.45, 2.75) is 59.4 Å². The molecule has 0 saturated carbocycles. The van der Waals surface area contributed by atoms with Crippen LogP contribution in [0, 0.1) is 12.8 Å². The fourth-order valence-electron chi connectivity index (χ4n) is 5.68. The van der Waals surface area contributed by atoms with E-state index in [9.17, 15) is 4.79 Å². The maximum atomic E-state index is 13.6. The predicted octanol–water partition coefficient (Wildman–Crippen LogP) is 6.58. The van der Waals surface area contributed by atoms with E-state index < -0.39 is 0 Å². The summed E-state index contributed by atoms with van der Waals surface area (Å²) in [7, 11) is 1.96.